The Hall–Kier alpha value is -1.82. The first-order valence-electron chi connectivity index (χ1n) is 5.66. The van der Waals surface area contributed by atoms with Crippen LogP contribution in [-0.4, -0.2) is 13.1 Å². The fourth-order valence-electron chi connectivity index (χ4n) is 1.72. The van der Waals surface area contributed by atoms with Crippen LogP contribution in [0, 0.1) is 16.7 Å². The van der Waals surface area contributed by atoms with Crippen LogP contribution in [-0.2, 0) is 16.0 Å². The molecule has 1 atom stereocenters. The SMILES string of the molecule is COC(=O)C(C)(C#N)CCCc1ccccc1. The van der Waals surface area contributed by atoms with Crippen molar-refractivity contribution in [2.75, 3.05) is 7.11 Å². The van der Waals surface area contributed by atoms with E-state index >= 15 is 0 Å². The molecule has 0 aliphatic carbocycles. The van der Waals surface area contributed by atoms with Gasteiger partial charge in [0, 0.05) is 0 Å². The summed E-state index contributed by atoms with van der Waals surface area (Å²) in [6, 6.07) is 12.1. The summed E-state index contributed by atoms with van der Waals surface area (Å²) in [5.41, 5.74) is 0.196. The van der Waals surface area contributed by atoms with Gasteiger partial charge in [0.05, 0.1) is 13.2 Å². The number of aryl methyl sites for hydroxylation is 1. The Kier molecular flexibility index (Phi) is 4.71. The first kappa shape index (κ1) is 13.2. The third kappa shape index (κ3) is 3.60. The van der Waals surface area contributed by atoms with Crippen LogP contribution in [0.1, 0.15) is 25.3 Å². The minimum absolute atomic E-state index is 0.451. The lowest BCUT2D eigenvalue weighted by atomic mass is 9.86. The molecule has 0 aromatic heterocycles. The van der Waals surface area contributed by atoms with Crippen LogP contribution in [0.5, 0.6) is 0 Å². The van der Waals surface area contributed by atoms with Gasteiger partial charge in [0.15, 0.2) is 5.41 Å². The molecule has 1 rings (SSSR count). The fraction of sp³-hybridized carbons (Fsp3) is 0.429. The monoisotopic (exact) mass is 231 g/mol. The zero-order chi connectivity index (χ0) is 12.7. The number of rotatable bonds is 5. The molecule has 1 aromatic carbocycles. The minimum atomic E-state index is -1.02. The van der Waals surface area contributed by atoms with E-state index in [2.05, 4.69) is 4.74 Å². The number of hydrogen-bond donors (Lipinski definition) is 0. The van der Waals surface area contributed by atoms with Gasteiger partial charge in [0.2, 0.25) is 0 Å². The maximum atomic E-state index is 11.5. The van der Waals surface area contributed by atoms with E-state index in [0.717, 1.165) is 12.8 Å². The Morgan fingerprint density at radius 3 is 2.59 bits per heavy atom. The van der Waals surface area contributed by atoms with Crippen molar-refractivity contribution in [2.45, 2.75) is 26.2 Å². The van der Waals surface area contributed by atoms with Gasteiger partial charge in [-0.1, -0.05) is 30.3 Å². The Labute approximate surface area is 102 Å². The van der Waals surface area contributed by atoms with Gasteiger partial charge in [-0.15, -0.1) is 0 Å². The highest BCUT2D eigenvalue weighted by atomic mass is 16.5. The van der Waals surface area contributed by atoms with Crippen molar-refractivity contribution in [3.05, 3.63) is 35.9 Å². The standard InChI is InChI=1S/C14H17NO2/c1-14(11-15,13(16)17-2)10-6-9-12-7-4-3-5-8-12/h3-5,7-8H,6,9-10H2,1-2H3. The average molecular weight is 231 g/mol. The molecular formula is C14H17NO2. The van der Waals surface area contributed by atoms with Crippen molar-refractivity contribution in [1.29, 1.82) is 5.26 Å². The first-order chi connectivity index (χ1) is 8.12. The molecule has 0 aliphatic heterocycles. The van der Waals surface area contributed by atoms with E-state index in [0.29, 0.717) is 6.42 Å². The van der Waals surface area contributed by atoms with Crippen molar-refractivity contribution < 1.29 is 9.53 Å². The van der Waals surface area contributed by atoms with Crippen LogP contribution in [0.3, 0.4) is 0 Å². The molecule has 3 nitrogen and oxygen atoms in total. The summed E-state index contributed by atoms with van der Waals surface area (Å²) < 4.78 is 4.65. The highest BCUT2D eigenvalue weighted by Crippen LogP contribution is 2.24. The van der Waals surface area contributed by atoms with Gasteiger partial charge < -0.3 is 4.74 Å². The molecule has 17 heavy (non-hydrogen) atoms. The number of nitriles is 1. The van der Waals surface area contributed by atoms with E-state index in [1.54, 1.807) is 6.92 Å². The third-order valence-corrected chi connectivity index (χ3v) is 2.87. The Morgan fingerprint density at radius 1 is 1.41 bits per heavy atom. The molecule has 0 aliphatic rings. The van der Waals surface area contributed by atoms with Gasteiger partial charge in [-0.3, -0.25) is 4.79 Å². The molecular weight excluding hydrogens is 214 g/mol. The summed E-state index contributed by atoms with van der Waals surface area (Å²) in [5.74, 6) is -0.451. The van der Waals surface area contributed by atoms with E-state index in [9.17, 15) is 4.79 Å². The average Bonchev–Trinajstić information content (AvgIpc) is 2.38. The van der Waals surface area contributed by atoms with E-state index in [4.69, 9.17) is 5.26 Å². The number of hydrogen-bond acceptors (Lipinski definition) is 3. The third-order valence-electron chi connectivity index (χ3n) is 2.87. The first-order valence-corrected chi connectivity index (χ1v) is 5.66. The number of benzene rings is 1. The maximum Gasteiger partial charge on any atom is 0.325 e. The predicted octanol–water partition coefficient (Wildman–Crippen LogP) is 2.71. The normalized spacial score (nSPS) is 13.5. The Bertz CT molecular complexity index is 408. The van der Waals surface area contributed by atoms with Crippen LogP contribution in [0.4, 0.5) is 0 Å². The lowest BCUT2D eigenvalue weighted by molar-refractivity contribution is -0.148. The van der Waals surface area contributed by atoms with E-state index < -0.39 is 11.4 Å². The van der Waals surface area contributed by atoms with Crippen LogP contribution in [0.15, 0.2) is 30.3 Å². The number of methoxy groups -OCH3 is 1. The van der Waals surface area contributed by atoms with E-state index in [-0.39, 0.29) is 0 Å². The van der Waals surface area contributed by atoms with Crippen molar-refractivity contribution >= 4 is 5.97 Å². The molecule has 0 saturated carbocycles. The van der Waals surface area contributed by atoms with Gasteiger partial charge in [0.25, 0.3) is 0 Å². The topological polar surface area (TPSA) is 50.1 Å². The summed E-state index contributed by atoms with van der Waals surface area (Å²) >= 11 is 0. The molecule has 90 valence electrons. The van der Waals surface area contributed by atoms with E-state index in [1.165, 1.54) is 12.7 Å². The van der Waals surface area contributed by atoms with Crippen LogP contribution in [0.2, 0.25) is 0 Å². The van der Waals surface area contributed by atoms with Gasteiger partial charge in [-0.25, -0.2) is 0 Å². The van der Waals surface area contributed by atoms with Gasteiger partial charge in [-0.2, -0.15) is 5.26 Å². The van der Waals surface area contributed by atoms with E-state index in [1.807, 2.05) is 36.4 Å². The molecule has 3 heteroatoms. The minimum Gasteiger partial charge on any atom is -0.468 e. The van der Waals surface area contributed by atoms with Crippen LogP contribution >= 0.6 is 0 Å². The Balaban J connectivity index is 2.50. The number of carbonyl (C=O) groups excluding carboxylic acids is 1. The molecule has 1 aromatic rings. The van der Waals surface area contributed by atoms with Gasteiger partial charge >= 0.3 is 5.97 Å². The quantitative estimate of drug-likeness (QED) is 0.732. The van der Waals surface area contributed by atoms with Gasteiger partial charge in [-0.05, 0) is 31.7 Å². The fourth-order valence-corrected chi connectivity index (χ4v) is 1.72. The second-order valence-electron chi connectivity index (χ2n) is 4.27. The lowest BCUT2D eigenvalue weighted by Crippen LogP contribution is -2.27. The van der Waals surface area contributed by atoms with Crippen molar-refractivity contribution in [1.82, 2.24) is 0 Å². The maximum absolute atomic E-state index is 11.5. The second-order valence-corrected chi connectivity index (χ2v) is 4.27. The van der Waals surface area contributed by atoms with Crippen LogP contribution < -0.4 is 0 Å². The van der Waals surface area contributed by atoms with Gasteiger partial charge in [0.1, 0.15) is 0 Å². The van der Waals surface area contributed by atoms with Crippen molar-refractivity contribution in [3.8, 4) is 6.07 Å². The second kappa shape index (κ2) is 6.05. The van der Waals surface area contributed by atoms with Crippen molar-refractivity contribution in [2.24, 2.45) is 5.41 Å². The molecule has 0 spiro atoms. The molecule has 0 bridgehead atoms. The highest BCUT2D eigenvalue weighted by Gasteiger charge is 2.33. The Morgan fingerprint density at radius 2 is 2.06 bits per heavy atom. The summed E-state index contributed by atoms with van der Waals surface area (Å²) in [4.78, 5) is 11.5. The van der Waals surface area contributed by atoms with Crippen LogP contribution in [0.25, 0.3) is 0 Å². The summed E-state index contributed by atoms with van der Waals surface area (Å²) in [5, 5.41) is 9.03. The summed E-state index contributed by atoms with van der Waals surface area (Å²) in [6.07, 6.45) is 2.18. The molecule has 0 radical (unpaired) electrons. The lowest BCUT2D eigenvalue weighted by Gasteiger charge is -2.17. The smallest absolute Gasteiger partial charge is 0.325 e. The number of carbonyl (C=O) groups is 1. The molecule has 0 fully saturated rings. The number of nitrogens with zero attached hydrogens (tertiary/aromatic N) is 1. The highest BCUT2D eigenvalue weighted by molar-refractivity contribution is 5.79. The molecule has 1 unspecified atom stereocenters. The summed E-state index contributed by atoms with van der Waals surface area (Å²) in [6.45, 7) is 1.63. The zero-order valence-electron chi connectivity index (χ0n) is 10.3. The predicted molar refractivity (Wildman–Crippen MR) is 65.1 cm³/mol. The zero-order valence-corrected chi connectivity index (χ0v) is 10.3. The molecule has 0 amide bonds. The van der Waals surface area contributed by atoms with Crippen molar-refractivity contribution in [3.63, 3.8) is 0 Å². The molecule has 0 saturated heterocycles. The molecule has 0 N–H and O–H groups in total. The number of ether oxygens (including phenoxy) is 1. The largest absolute Gasteiger partial charge is 0.468 e. The summed E-state index contributed by atoms with van der Waals surface area (Å²) in [7, 11) is 1.31. The number of esters is 1. The molecule has 0 heterocycles.